The second-order valence-electron chi connectivity index (χ2n) is 3.47. The Balaban J connectivity index is 2.67. The minimum atomic E-state index is -0.762. The smallest absolute Gasteiger partial charge is 0.292 e. The monoisotopic (exact) mass is 275 g/mol. The van der Waals surface area contributed by atoms with Crippen LogP contribution in [0.2, 0.25) is 0 Å². The normalized spacial score (nSPS) is 9.80. The van der Waals surface area contributed by atoms with E-state index in [4.69, 9.17) is 5.53 Å². The molecule has 0 fully saturated rings. The zero-order valence-corrected chi connectivity index (χ0v) is 9.65. The molecule has 0 unspecified atom stereocenters. The Labute approximate surface area is 110 Å². The van der Waals surface area contributed by atoms with Gasteiger partial charge in [-0.3, -0.25) is 24.8 Å². The van der Waals surface area contributed by atoms with Crippen LogP contribution >= 0.6 is 0 Å². The molecule has 0 saturated carbocycles. The van der Waals surface area contributed by atoms with Crippen molar-refractivity contribution in [3.63, 3.8) is 0 Å². The fraction of sp³-hybridized carbons (Fsp3) is 0. The molecule has 2 aromatic rings. The SMILES string of the molecule is [N-]=[N+]=Nc1nccn1-c1ccc([N+](=O)[O-])cc1[N+](=O)[O-]. The molecule has 0 amide bonds. The lowest BCUT2D eigenvalue weighted by Crippen LogP contribution is -2.00. The average Bonchev–Trinajstić information content (AvgIpc) is 2.86. The van der Waals surface area contributed by atoms with Gasteiger partial charge in [-0.1, -0.05) is 0 Å². The number of nitro groups is 2. The summed E-state index contributed by atoms with van der Waals surface area (Å²) < 4.78 is 1.17. The highest BCUT2D eigenvalue weighted by atomic mass is 16.6. The molecule has 0 atom stereocenters. The van der Waals surface area contributed by atoms with Crippen molar-refractivity contribution >= 4 is 17.3 Å². The Kier molecular flexibility index (Phi) is 3.27. The van der Waals surface area contributed by atoms with E-state index in [1.807, 2.05) is 0 Å². The van der Waals surface area contributed by atoms with Crippen molar-refractivity contribution in [2.45, 2.75) is 0 Å². The van der Waals surface area contributed by atoms with Crippen molar-refractivity contribution in [2.24, 2.45) is 5.11 Å². The molecule has 1 aromatic heterocycles. The molecule has 0 radical (unpaired) electrons. The van der Waals surface area contributed by atoms with Crippen LogP contribution in [0.15, 0.2) is 35.7 Å². The molecule has 0 aliphatic carbocycles. The van der Waals surface area contributed by atoms with Crippen molar-refractivity contribution in [1.82, 2.24) is 9.55 Å². The summed E-state index contributed by atoms with van der Waals surface area (Å²) in [4.78, 5) is 26.4. The number of imidazole rings is 1. The Morgan fingerprint density at radius 2 is 2.05 bits per heavy atom. The zero-order valence-electron chi connectivity index (χ0n) is 9.65. The predicted octanol–water partition coefficient (Wildman–Crippen LogP) is 2.63. The third kappa shape index (κ3) is 2.23. The summed E-state index contributed by atoms with van der Waals surface area (Å²) in [5, 5.41) is 24.9. The summed E-state index contributed by atoms with van der Waals surface area (Å²) in [6, 6.07) is 3.13. The van der Waals surface area contributed by atoms with Gasteiger partial charge in [-0.15, -0.1) is 0 Å². The first-order valence-electron chi connectivity index (χ1n) is 5.06. The summed E-state index contributed by atoms with van der Waals surface area (Å²) in [6.07, 6.45) is 2.63. The van der Waals surface area contributed by atoms with Gasteiger partial charge in [-0.25, -0.2) is 4.98 Å². The molecule has 0 N–H and O–H groups in total. The summed E-state index contributed by atoms with van der Waals surface area (Å²) in [7, 11) is 0. The fourth-order valence-corrected chi connectivity index (χ4v) is 1.57. The second kappa shape index (κ2) is 5.04. The van der Waals surface area contributed by atoms with Crippen LogP contribution < -0.4 is 0 Å². The van der Waals surface area contributed by atoms with Gasteiger partial charge in [0.1, 0.15) is 5.69 Å². The molecular weight excluding hydrogens is 270 g/mol. The van der Waals surface area contributed by atoms with E-state index in [1.165, 1.54) is 23.0 Å². The maximum Gasteiger partial charge on any atom is 0.300 e. The van der Waals surface area contributed by atoms with Gasteiger partial charge in [0.2, 0.25) is 5.95 Å². The number of nitrogens with zero attached hydrogens (tertiary/aromatic N) is 7. The number of hydrogen-bond donors (Lipinski definition) is 0. The molecule has 0 aliphatic heterocycles. The minimum Gasteiger partial charge on any atom is -0.292 e. The number of benzene rings is 1. The molecule has 2 rings (SSSR count). The maximum atomic E-state index is 11.0. The molecule has 1 aromatic carbocycles. The van der Waals surface area contributed by atoms with E-state index < -0.39 is 21.2 Å². The van der Waals surface area contributed by atoms with E-state index >= 15 is 0 Å². The lowest BCUT2D eigenvalue weighted by atomic mass is 10.2. The van der Waals surface area contributed by atoms with Crippen LogP contribution in [0.3, 0.4) is 0 Å². The van der Waals surface area contributed by atoms with Crippen LogP contribution in [0, 0.1) is 20.2 Å². The standard InChI is InChI=1S/C9H5N7O4/c10-13-12-9-11-3-4-14(9)7-2-1-6(15(17)18)5-8(7)16(19)20/h1-5H. The van der Waals surface area contributed by atoms with E-state index in [2.05, 4.69) is 15.0 Å². The number of azide groups is 1. The summed E-state index contributed by atoms with van der Waals surface area (Å²) in [6.45, 7) is 0. The van der Waals surface area contributed by atoms with Crippen LogP contribution in [0.4, 0.5) is 17.3 Å². The highest BCUT2D eigenvalue weighted by Gasteiger charge is 2.21. The number of non-ortho nitro benzene ring substituents is 1. The Morgan fingerprint density at radius 1 is 1.30 bits per heavy atom. The summed E-state index contributed by atoms with van der Waals surface area (Å²) in [5.74, 6) is -0.107. The first-order valence-corrected chi connectivity index (χ1v) is 5.06. The quantitative estimate of drug-likeness (QED) is 0.276. The first kappa shape index (κ1) is 13.0. The number of rotatable bonds is 4. The van der Waals surface area contributed by atoms with Crippen molar-refractivity contribution < 1.29 is 9.85 Å². The summed E-state index contributed by atoms with van der Waals surface area (Å²) >= 11 is 0. The van der Waals surface area contributed by atoms with Crippen LogP contribution in [-0.2, 0) is 0 Å². The van der Waals surface area contributed by atoms with Crippen molar-refractivity contribution in [3.05, 3.63) is 61.3 Å². The topological polar surface area (TPSA) is 153 Å². The van der Waals surface area contributed by atoms with Gasteiger partial charge in [-0.2, -0.15) is 0 Å². The Bertz CT molecular complexity index is 747. The zero-order chi connectivity index (χ0) is 14.7. The second-order valence-corrected chi connectivity index (χ2v) is 3.47. The van der Waals surface area contributed by atoms with Gasteiger partial charge in [-0.05, 0) is 16.7 Å². The van der Waals surface area contributed by atoms with E-state index in [9.17, 15) is 20.2 Å². The molecule has 11 heteroatoms. The van der Waals surface area contributed by atoms with Gasteiger partial charge in [0, 0.05) is 23.4 Å². The Hall–Kier alpha value is -3.46. The lowest BCUT2D eigenvalue weighted by Gasteiger charge is -2.05. The van der Waals surface area contributed by atoms with Gasteiger partial charge in [0.25, 0.3) is 11.4 Å². The van der Waals surface area contributed by atoms with Gasteiger partial charge < -0.3 is 0 Å². The summed E-state index contributed by atoms with van der Waals surface area (Å²) in [5.41, 5.74) is 7.50. The van der Waals surface area contributed by atoms with Crippen LogP contribution in [0.25, 0.3) is 16.1 Å². The highest BCUT2D eigenvalue weighted by molar-refractivity contribution is 5.59. The van der Waals surface area contributed by atoms with Crippen LogP contribution in [0.1, 0.15) is 0 Å². The number of nitro benzene ring substituents is 2. The number of hydrogen-bond acceptors (Lipinski definition) is 6. The molecule has 0 saturated heterocycles. The van der Waals surface area contributed by atoms with Crippen LogP contribution in [-0.4, -0.2) is 19.4 Å². The predicted molar refractivity (Wildman–Crippen MR) is 65.7 cm³/mol. The van der Waals surface area contributed by atoms with Crippen molar-refractivity contribution in [1.29, 1.82) is 0 Å². The fourth-order valence-electron chi connectivity index (χ4n) is 1.57. The largest absolute Gasteiger partial charge is 0.300 e. The maximum absolute atomic E-state index is 11.0. The van der Waals surface area contributed by atoms with Crippen molar-refractivity contribution in [2.75, 3.05) is 0 Å². The molecule has 0 bridgehead atoms. The van der Waals surface area contributed by atoms with E-state index in [-0.39, 0.29) is 11.6 Å². The van der Waals surface area contributed by atoms with E-state index in [0.717, 1.165) is 12.1 Å². The van der Waals surface area contributed by atoms with E-state index in [1.54, 1.807) is 0 Å². The third-order valence-electron chi connectivity index (χ3n) is 2.38. The molecule has 20 heavy (non-hydrogen) atoms. The molecule has 0 spiro atoms. The van der Waals surface area contributed by atoms with E-state index in [0.29, 0.717) is 0 Å². The minimum absolute atomic E-state index is 0.0144. The van der Waals surface area contributed by atoms with Gasteiger partial charge in [0.15, 0.2) is 0 Å². The molecule has 0 aliphatic rings. The van der Waals surface area contributed by atoms with Crippen molar-refractivity contribution in [3.8, 4) is 5.69 Å². The molecule has 1 heterocycles. The molecule has 100 valence electrons. The van der Waals surface area contributed by atoms with Gasteiger partial charge in [0.05, 0.1) is 15.9 Å². The number of aromatic nitrogens is 2. The first-order chi connectivity index (χ1) is 9.54. The van der Waals surface area contributed by atoms with Gasteiger partial charge >= 0.3 is 0 Å². The average molecular weight is 275 g/mol. The lowest BCUT2D eigenvalue weighted by molar-refractivity contribution is -0.394. The van der Waals surface area contributed by atoms with Crippen LogP contribution in [0.5, 0.6) is 0 Å². The highest BCUT2D eigenvalue weighted by Crippen LogP contribution is 2.30. The Morgan fingerprint density at radius 3 is 2.65 bits per heavy atom. The third-order valence-corrected chi connectivity index (χ3v) is 2.38. The molecular formula is C9H5N7O4. The molecule has 11 nitrogen and oxygen atoms in total.